The van der Waals surface area contributed by atoms with Crippen molar-refractivity contribution in [1.82, 2.24) is 4.57 Å². The number of nitro benzene ring substituents is 1. The van der Waals surface area contributed by atoms with Gasteiger partial charge in [0.25, 0.3) is 11.2 Å². The molecule has 1 aliphatic heterocycles. The number of fused-ring (bicyclic) bond motifs is 1. The molecule has 3 heterocycles. The Labute approximate surface area is 223 Å². The summed E-state index contributed by atoms with van der Waals surface area (Å²) in [6.45, 7) is 3.15. The number of hydrogen-bond acceptors (Lipinski definition) is 7. The number of carbonyl (C=O) groups excluding carboxylic acids is 1. The van der Waals surface area contributed by atoms with Gasteiger partial charge < -0.3 is 4.42 Å². The van der Waals surface area contributed by atoms with E-state index < -0.39 is 11.0 Å². The normalized spacial score (nSPS) is 15.5. The lowest BCUT2D eigenvalue weighted by Crippen LogP contribution is -2.39. The highest BCUT2D eigenvalue weighted by Gasteiger charge is 2.33. The average Bonchev–Trinajstić information content (AvgIpc) is 3.45. The molecule has 4 aromatic rings. The quantitative estimate of drug-likeness (QED) is 0.246. The molecule has 0 radical (unpaired) electrons. The van der Waals surface area contributed by atoms with Gasteiger partial charge in [0, 0.05) is 29.0 Å². The molecule has 0 N–H and O–H groups in total. The maximum absolute atomic E-state index is 13.6. The van der Waals surface area contributed by atoms with E-state index in [2.05, 4.69) is 4.99 Å². The Morgan fingerprint density at radius 2 is 1.86 bits per heavy atom. The number of furan rings is 1. The van der Waals surface area contributed by atoms with E-state index in [1.165, 1.54) is 35.0 Å². The zero-order valence-electron chi connectivity index (χ0n) is 19.4. The number of rotatable bonds is 5. The number of nitro groups is 1. The number of non-ortho nitro benzene ring substituents is 1. The third-order valence-corrected chi connectivity index (χ3v) is 7.63. The van der Waals surface area contributed by atoms with Crippen molar-refractivity contribution < 1.29 is 14.1 Å². The van der Waals surface area contributed by atoms with Crippen LogP contribution in [0.4, 0.5) is 5.69 Å². The number of aromatic nitrogens is 1. The highest BCUT2D eigenvalue weighted by atomic mass is 35.5. The monoisotopic (exact) mass is 553 g/mol. The molecule has 11 heteroatoms. The highest BCUT2D eigenvalue weighted by Crippen LogP contribution is 2.35. The van der Waals surface area contributed by atoms with Crippen LogP contribution < -0.4 is 14.9 Å². The standard InChI is InChI=1S/C26H17Cl2N3O5S/c1-13-23(14(2)32)24(21-10-9-20(36-21)16-5-8-18(27)19(28)12-16)30-25(33)22(37-26(30)29-13)11-15-3-6-17(7-4-15)31(34)35/h3-12,24H,1-2H3/b22-11+/t24-/m1/s1. The maximum atomic E-state index is 13.6. The number of thiazole rings is 1. The van der Waals surface area contributed by atoms with Crippen molar-refractivity contribution in [3.05, 3.63) is 117 Å². The summed E-state index contributed by atoms with van der Waals surface area (Å²) < 4.78 is 7.96. The van der Waals surface area contributed by atoms with Crippen LogP contribution in [0.15, 0.2) is 80.1 Å². The molecule has 5 rings (SSSR count). The van der Waals surface area contributed by atoms with Gasteiger partial charge >= 0.3 is 0 Å². The second kappa shape index (κ2) is 9.59. The summed E-state index contributed by atoms with van der Waals surface area (Å²) >= 11 is 13.4. The topological polar surface area (TPSA) is 108 Å². The van der Waals surface area contributed by atoms with Crippen LogP contribution in [0.2, 0.25) is 10.0 Å². The Morgan fingerprint density at radius 1 is 1.14 bits per heavy atom. The third-order valence-electron chi connectivity index (χ3n) is 5.90. The van der Waals surface area contributed by atoms with Crippen molar-refractivity contribution in [2.45, 2.75) is 19.9 Å². The summed E-state index contributed by atoms with van der Waals surface area (Å²) in [5.41, 5.74) is 1.75. The number of ketones is 1. The van der Waals surface area contributed by atoms with Crippen LogP contribution in [0.25, 0.3) is 17.4 Å². The van der Waals surface area contributed by atoms with E-state index in [1.807, 2.05) is 0 Å². The summed E-state index contributed by atoms with van der Waals surface area (Å²) in [4.78, 5) is 41.7. The number of benzene rings is 2. The average molecular weight is 554 g/mol. The molecule has 0 aliphatic carbocycles. The minimum Gasteiger partial charge on any atom is -0.458 e. The van der Waals surface area contributed by atoms with Crippen molar-refractivity contribution in [3.8, 4) is 11.3 Å². The first kappa shape index (κ1) is 24.9. The predicted molar refractivity (Wildman–Crippen MR) is 142 cm³/mol. The van der Waals surface area contributed by atoms with Gasteiger partial charge in [0.15, 0.2) is 10.6 Å². The molecule has 0 saturated heterocycles. The van der Waals surface area contributed by atoms with Gasteiger partial charge in [0.2, 0.25) is 0 Å². The molecule has 0 fully saturated rings. The molecule has 0 unspecified atom stereocenters. The van der Waals surface area contributed by atoms with E-state index in [0.29, 0.717) is 53.3 Å². The number of allylic oxidation sites excluding steroid dienone is 2. The Kier molecular flexibility index (Phi) is 6.45. The molecule has 37 heavy (non-hydrogen) atoms. The zero-order chi connectivity index (χ0) is 26.4. The molecule has 0 spiro atoms. The SMILES string of the molecule is CC(=O)C1=C(C)N=c2s/c(=C/c3ccc([N+](=O)[O-])cc3)c(=O)n2[C@@H]1c1ccc(-c2ccc(Cl)c(Cl)c2)o1. The summed E-state index contributed by atoms with van der Waals surface area (Å²) in [5, 5.41) is 11.7. The largest absolute Gasteiger partial charge is 0.458 e. The second-order valence-electron chi connectivity index (χ2n) is 8.32. The lowest BCUT2D eigenvalue weighted by Gasteiger charge is -2.22. The van der Waals surface area contributed by atoms with Crippen LogP contribution >= 0.6 is 34.5 Å². The molecule has 2 aromatic heterocycles. The number of hydrogen-bond donors (Lipinski definition) is 0. The van der Waals surface area contributed by atoms with Gasteiger partial charge in [-0.25, -0.2) is 4.99 Å². The van der Waals surface area contributed by atoms with Crippen molar-refractivity contribution in [2.24, 2.45) is 4.99 Å². The minimum atomic E-state index is -0.815. The zero-order valence-corrected chi connectivity index (χ0v) is 21.7. The molecular weight excluding hydrogens is 537 g/mol. The first-order chi connectivity index (χ1) is 17.6. The molecule has 0 saturated carbocycles. The number of carbonyl (C=O) groups is 1. The van der Waals surface area contributed by atoms with Gasteiger partial charge in [0.05, 0.1) is 19.5 Å². The van der Waals surface area contributed by atoms with Gasteiger partial charge in [0.1, 0.15) is 17.6 Å². The Hall–Kier alpha value is -3.79. The Balaban J connectivity index is 1.65. The smallest absolute Gasteiger partial charge is 0.271 e. The van der Waals surface area contributed by atoms with Crippen molar-refractivity contribution in [1.29, 1.82) is 0 Å². The van der Waals surface area contributed by atoms with Gasteiger partial charge in [-0.15, -0.1) is 0 Å². The predicted octanol–water partition coefficient (Wildman–Crippen LogP) is 5.30. The molecule has 1 aliphatic rings. The van der Waals surface area contributed by atoms with Crippen molar-refractivity contribution in [3.63, 3.8) is 0 Å². The lowest BCUT2D eigenvalue weighted by atomic mass is 9.98. The molecule has 186 valence electrons. The maximum Gasteiger partial charge on any atom is 0.271 e. The summed E-state index contributed by atoms with van der Waals surface area (Å²) in [5.74, 6) is 0.658. The fourth-order valence-electron chi connectivity index (χ4n) is 4.19. The fraction of sp³-hybridized carbons (Fsp3) is 0.115. The van der Waals surface area contributed by atoms with Gasteiger partial charge in [-0.1, -0.05) is 34.5 Å². The van der Waals surface area contributed by atoms with Gasteiger partial charge in [-0.05, 0) is 68.0 Å². The summed E-state index contributed by atoms with van der Waals surface area (Å²) in [6, 6.07) is 13.6. The van der Waals surface area contributed by atoms with Crippen molar-refractivity contribution >= 4 is 52.1 Å². The minimum absolute atomic E-state index is 0.0454. The van der Waals surface area contributed by atoms with Crippen LogP contribution in [-0.2, 0) is 4.79 Å². The Bertz CT molecular complexity index is 1800. The Morgan fingerprint density at radius 3 is 2.51 bits per heavy atom. The molecule has 0 amide bonds. The van der Waals surface area contributed by atoms with Crippen molar-refractivity contribution in [2.75, 3.05) is 0 Å². The van der Waals surface area contributed by atoms with Crippen LogP contribution in [0, 0.1) is 10.1 Å². The van der Waals surface area contributed by atoms with Crippen LogP contribution in [0.3, 0.4) is 0 Å². The molecule has 1 atom stereocenters. The number of nitrogens with zero attached hydrogens (tertiary/aromatic N) is 3. The first-order valence-electron chi connectivity index (χ1n) is 11.0. The van der Waals surface area contributed by atoms with E-state index in [1.54, 1.807) is 55.5 Å². The van der Waals surface area contributed by atoms with E-state index in [9.17, 15) is 19.7 Å². The molecular formula is C26H17Cl2N3O5S. The van der Waals surface area contributed by atoms with Crippen LogP contribution in [0.5, 0.6) is 0 Å². The lowest BCUT2D eigenvalue weighted by molar-refractivity contribution is -0.384. The number of halogens is 2. The third kappa shape index (κ3) is 4.57. The summed E-state index contributed by atoms with van der Waals surface area (Å²) in [7, 11) is 0. The van der Waals surface area contributed by atoms with Gasteiger partial charge in [-0.2, -0.15) is 0 Å². The molecule has 8 nitrogen and oxygen atoms in total. The molecule has 2 aromatic carbocycles. The van der Waals surface area contributed by atoms with Gasteiger partial charge in [-0.3, -0.25) is 24.3 Å². The van der Waals surface area contributed by atoms with E-state index in [-0.39, 0.29) is 17.0 Å². The highest BCUT2D eigenvalue weighted by molar-refractivity contribution is 7.07. The fourth-order valence-corrected chi connectivity index (χ4v) is 5.53. The van der Waals surface area contributed by atoms with Crippen LogP contribution in [-0.4, -0.2) is 15.3 Å². The van der Waals surface area contributed by atoms with Crippen LogP contribution in [0.1, 0.15) is 31.2 Å². The van der Waals surface area contributed by atoms with E-state index in [4.69, 9.17) is 27.6 Å². The second-order valence-corrected chi connectivity index (χ2v) is 10.1. The first-order valence-corrected chi connectivity index (χ1v) is 12.5. The summed E-state index contributed by atoms with van der Waals surface area (Å²) in [6.07, 6.45) is 1.64. The van der Waals surface area contributed by atoms with E-state index >= 15 is 0 Å². The van der Waals surface area contributed by atoms with E-state index in [0.717, 1.165) is 0 Å². The number of Topliss-reactive ketones (excluding diaryl/α,β-unsaturated/α-hetero) is 1. The molecule has 0 bridgehead atoms.